The maximum absolute atomic E-state index is 12.6. The Kier molecular flexibility index (Phi) is 1.69. The molecule has 0 amide bonds. The van der Waals surface area contributed by atoms with Gasteiger partial charge in [-0.1, -0.05) is 6.07 Å². The molecule has 1 saturated heterocycles. The zero-order valence-corrected chi connectivity index (χ0v) is 6.44. The van der Waals surface area contributed by atoms with Gasteiger partial charge in [-0.05, 0) is 12.1 Å². The Bertz CT molecular complexity index is 286. The summed E-state index contributed by atoms with van der Waals surface area (Å²) in [7, 11) is 0. The van der Waals surface area contributed by atoms with Crippen molar-refractivity contribution < 1.29 is 9.50 Å². The first-order valence-electron chi connectivity index (χ1n) is 3.81. The van der Waals surface area contributed by atoms with Gasteiger partial charge in [0.15, 0.2) is 0 Å². The highest BCUT2D eigenvalue weighted by Gasteiger charge is 2.25. The van der Waals surface area contributed by atoms with Crippen LogP contribution in [0.1, 0.15) is 0 Å². The van der Waals surface area contributed by atoms with Crippen molar-refractivity contribution in [1.29, 1.82) is 0 Å². The number of hydrogen-bond donors (Lipinski definition) is 1. The Hall–Kier alpha value is -1.16. The number of β-amino-alcohol motifs (C(OH)–C–C–N with tert-alkyl or cyclic N) is 1. The average molecular weight is 168 g/mol. The highest BCUT2D eigenvalue weighted by molar-refractivity contribution is 5.41. The number of anilines is 1. The zero-order valence-electron chi connectivity index (χ0n) is 6.44. The van der Waals surface area contributed by atoms with Gasteiger partial charge in [-0.15, -0.1) is 0 Å². The van der Waals surface area contributed by atoms with Crippen molar-refractivity contribution in [3.8, 4) is 0 Å². The molecule has 0 aliphatic carbocycles. The summed E-state index contributed by atoms with van der Waals surface area (Å²) in [6, 6.07) is 4.65. The molecule has 2 rings (SSSR count). The maximum atomic E-state index is 12.6. The highest BCUT2D eigenvalue weighted by Crippen LogP contribution is 2.17. The van der Waals surface area contributed by atoms with Gasteiger partial charge in [0.05, 0.1) is 6.10 Å². The molecule has 1 aromatic heterocycles. The zero-order chi connectivity index (χ0) is 8.55. The molecule has 0 unspecified atom stereocenters. The molecule has 4 heteroatoms. The third-order valence-electron chi connectivity index (χ3n) is 1.89. The molecular formula is C8H9FN2O. The van der Waals surface area contributed by atoms with Crippen molar-refractivity contribution in [2.24, 2.45) is 0 Å². The van der Waals surface area contributed by atoms with Crippen molar-refractivity contribution >= 4 is 5.82 Å². The minimum Gasteiger partial charge on any atom is -0.389 e. The fourth-order valence-corrected chi connectivity index (χ4v) is 1.22. The van der Waals surface area contributed by atoms with E-state index in [1.54, 1.807) is 12.1 Å². The van der Waals surface area contributed by atoms with Crippen molar-refractivity contribution in [2.75, 3.05) is 18.0 Å². The van der Waals surface area contributed by atoms with Crippen LogP contribution in [0.5, 0.6) is 0 Å². The predicted molar refractivity (Wildman–Crippen MR) is 42.4 cm³/mol. The number of halogens is 1. The summed E-state index contributed by atoms with van der Waals surface area (Å²) in [5, 5.41) is 8.99. The van der Waals surface area contributed by atoms with Crippen LogP contribution in [0.25, 0.3) is 0 Å². The van der Waals surface area contributed by atoms with Gasteiger partial charge in [0.1, 0.15) is 5.82 Å². The lowest BCUT2D eigenvalue weighted by molar-refractivity contribution is 0.141. The SMILES string of the molecule is OC1CN(c2cccc(F)n2)C1. The third kappa shape index (κ3) is 1.25. The van der Waals surface area contributed by atoms with E-state index in [2.05, 4.69) is 4.98 Å². The predicted octanol–water partition coefficient (Wildman–Crippen LogP) is 0.402. The maximum Gasteiger partial charge on any atom is 0.214 e. The van der Waals surface area contributed by atoms with E-state index in [9.17, 15) is 4.39 Å². The van der Waals surface area contributed by atoms with Crippen molar-refractivity contribution in [2.45, 2.75) is 6.10 Å². The van der Waals surface area contributed by atoms with E-state index >= 15 is 0 Å². The van der Waals surface area contributed by atoms with E-state index in [1.165, 1.54) is 6.07 Å². The Labute approximate surface area is 69.5 Å². The molecular weight excluding hydrogens is 159 g/mol. The lowest BCUT2D eigenvalue weighted by atomic mass is 10.2. The molecule has 0 spiro atoms. The van der Waals surface area contributed by atoms with Crippen molar-refractivity contribution in [1.82, 2.24) is 4.98 Å². The van der Waals surface area contributed by atoms with E-state index in [1.807, 2.05) is 4.90 Å². The van der Waals surface area contributed by atoms with Gasteiger partial charge in [0.2, 0.25) is 5.95 Å². The van der Waals surface area contributed by atoms with E-state index in [4.69, 9.17) is 5.11 Å². The second kappa shape index (κ2) is 2.71. The normalized spacial score (nSPS) is 17.7. The summed E-state index contributed by atoms with van der Waals surface area (Å²) in [5.41, 5.74) is 0. The Morgan fingerprint density at radius 2 is 2.25 bits per heavy atom. The smallest absolute Gasteiger partial charge is 0.214 e. The fourth-order valence-electron chi connectivity index (χ4n) is 1.22. The standard InChI is InChI=1S/C8H9FN2O/c9-7-2-1-3-8(10-7)11-4-6(12)5-11/h1-3,6,12H,4-5H2. The average Bonchev–Trinajstić information content (AvgIpc) is 1.99. The first-order valence-corrected chi connectivity index (χ1v) is 3.81. The number of rotatable bonds is 1. The molecule has 3 nitrogen and oxygen atoms in total. The Balaban J connectivity index is 2.13. The van der Waals surface area contributed by atoms with Crippen LogP contribution < -0.4 is 4.90 Å². The van der Waals surface area contributed by atoms with Gasteiger partial charge >= 0.3 is 0 Å². The summed E-state index contributed by atoms with van der Waals surface area (Å²) in [5.74, 6) is 0.120. The third-order valence-corrected chi connectivity index (χ3v) is 1.89. The van der Waals surface area contributed by atoms with Gasteiger partial charge in [-0.25, -0.2) is 4.98 Å². The van der Waals surface area contributed by atoms with Crippen molar-refractivity contribution in [3.05, 3.63) is 24.1 Å². The molecule has 1 aliphatic rings. The molecule has 1 aliphatic heterocycles. The van der Waals surface area contributed by atoms with Crippen LogP contribution in [-0.2, 0) is 0 Å². The minimum absolute atomic E-state index is 0.282. The lowest BCUT2D eigenvalue weighted by Gasteiger charge is -2.36. The fraction of sp³-hybridized carbons (Fsp3) is 0.375. The Morgan fingerprint density at radius 1 is 1.50 bits per heavy atom. The van der Waals surface area contributed by atoms with E-state index in [0.29, 0.717) is 18.9 Å². The summed E-state index contributed by atoms with van der Waals surface area (Å²) in [6.45, 7) is 1.10. The van der Waals surface area contributed by atoms with Crippen LogP contribution >= 0.6 is 0 Å². The van der Waals surface area contributed by atoms with Gasteiger partial charge in [0, 0.05) is 13.1 Å². The van der Waals surface area contributed by atoms with Crippen LogP contribution in [-0.4, -0.2) is 29.3 Å². The van der Waals surface area contributed by atoms with E-state index < -0.39 is 5.95 Å². The second-order valence-corrected chi connectivity index (χ2v) is 2.88. The first-order chi connectivity index (χ1) is 5.75. The van der Waals surface area contributed by atoms with Gasteiger partial charge < -0.3 is 10.0 Å². The molecule has 1 fully saturated rings. The lowest BCUT2D eigenvalue weighted by Crippen LogP contribution is -2.51. The number of hydrogen-bond acceptors (Lipinski definition) is 3. The molecule has 1 N–H and O–H groups in total. The quantitative estimate of drug-likeness (QED) is 0.617. The summed E-state index contributed by atoms with van der Waals surface area (Å²) in [4.78, 5) is 5.50. The van der Waals surface area contributed by atoms with Crippen molar-refractivity contribution in [3.63, 3.8) is 0 Å². The summed E-state index contributed by atoms with van der Waals surface area (Å²) < 4.78 is 12.6. The monoisotopic (exact) mass is 168 g/mol. The highest BCUT2D eigenvalue weighted by atomic mass is 19.1. The molecule has 0 atom stereocenters. The molecule has 64 valence electrons. The number of nitrogens with zero attached hydrogens (tertiary/aromatic N) is 2. The molecule has 0 aromatic carbocycles. The second-order valence-electron chi connectivity index (χ2n) is 2.88. The molecule has 0 bridgehead atoms. The largest absolute Gasteiger partial charge is 0.389 e. The molecule has 1 aromatic rings. The molecule has 12 heavy (non-hydrogen) atoms. The van der Waals surface area contributed by atoms with E-state index in [-0.39, 0.29) is 6.10 Å². The first kappa shape index (κ1) is 7.49. The van der Waals surface area contributed by atoms with Crippen LogP contribution in [0.15, 0.2) is 18.2 Å². The van der Waals surface area contributed by atoms with Crippen LogP contribution in [0, 0.1) is 5.95 Å². The summed E-state index contributed by atoms with van der Waals surface area (Å²) in [6.07, 6.45) is -0.282. The van der Waals surface area contributed by atoms with Gasteiger partial charge in [-0.2, -0.15) is 4.39 Å². The van der Waals surface area contributed by atoms with E-state index in [0.717, 1.165) is 0 Å². The molecule has 0 saturated carbocycles. The van der Waals surface area contributed by atoms with Crippen LogP contribution in [0.4, 0.5) is 10.2 Å². The number of pyridine rings is 1. The Morgan fingerprint density at radius 3 is 2.83 bits per heavy atom. The number of aliphatic hydroxyl groups excluding tert-OH is 1. The molecule has 2 heterocycles. The summed E-state index contributed by atoms with van der Waals surface area (Å²) >= 11 is 0. The topological polar surface area (TPSA) is 36.4 Å². The molecule has 0 radical (unpaired) electrons. The van der Waals surface area contributed by atoms with Gasteiger partial charge in [0.25, 0.3) is 0 Å². The number of aliphatic hydroxyl groups is 1. The van der Waals surface area contributed by atoms with Crippen LogP contribution in [0.3, 0.4) is 0 Å². The number of aromatic nitrogens is 1. The minimum atomic E-state index is -0.478. The van der Waals surface area contributed by atoms with Gasteiger partial charge in [-0.3, -0.25) is 0 Å². The van der Waals surface area contributed by atoms with Crippen LogP contribution in [0.2, 0.25) is 0 Å².